The molecule has 0 bridgehead atoms. The molecule has 0 aromatic carbocycles. The van der Waals surface area contributed by atoms with Gasteiger partial charge in [-0.1, -0.05) is 41.5 Å². The van der Waals surface area contributed by atoms with Gasteiger partial charge in [-0.15, -0.1) is 0 Å². The van der Waals surface area contributed by atoms with Crippen LogP contribution in [0.2, 0.25) is 0 Å². The second-order valence-corrected chi connectivity index (χ2v) is 9.31. The smallest absolute Gasteiger partial charge is 0.336 e. The molecule has 0 saturated carbocycles. The van der Waals surface area contributed by atoms with Gasteiger partial charge >= 0.3 is 5.71 Å². The van der Waals surface area contributed by atoms with Crippen LogP contribution in [-0.4, -0.2) is 21.1 Å². The number of hydrogen-bond acceptors (Lipinski definition) is 3. The van der Waals surface area contributed by atoms with Gasteiger partial charge in [0.15, 0.2) is 0 Å². The summed E-state index contributed by atoms with van der Waals surface area (Å²) in [4.78, 5) is 9.39. The number of aliphatic hydroxyl groups is 1. The summed E-state index contributed by atoms with van der Waals surface area (Å²) in [6.45, 7) is 12.6. The highest BCUT2D eigenvalue weighted by atomic mass is 31.1. The Morgan fingerprint density at radius 1 is 0.923 bits per heavy atom. The Kier molecular flexibility index (Phi) is 2.54. The van der Waals surface area contributed by atoms with Crippen molar-refractivity contribution < 1.29 is 14.9 Å². The molecular weight excluding hydrogens is 187 g/mol. The maximum absolute atomic E-state index is 9.84. The summed E-state index contributed by atoms with van der Waals surface area (Å²) < 4.78 is 0. The average Bonchev–Trinajstić information content (AvgIpc) is 2.37. The first kappa shape index (κ1) is 11.4. The molecule has 0 amide bonds. The molecule has 0 aliphatic carbocycles. The third kappa shape index (κ3) is 2.41. The molecule has 1 N–H and O–H groups in total. The highest BCUT2D eigenvalue weighted by Gasteiger charge is 2.62. The molecule has 1 heterocycles. The van der Waals surface area contributed by atoms with Crippen molar-refractivity contribution in [2.75, 3.05) is 0 Å². The second kappa shape index (κ2) is 2.90. The molecule has 0 aromatic rings. The van der Waals surface area contributed by atoms with Crippen LogP contribution in [0.1, 0.15) is 41.5 Å². The van der Waals surface area contributed by atoms with Crippen LogP contribution in [0, 0.1) is 0 Å². The predicted molar refractivity (Wildman–Crippen MR) is 53.5 cm³/mol. The Bertz CT molecular complexity index is 177. The van der Waals surface area contributed by atoms with Gasteiger partial charge in [0.1, 0.15) is 0 Å². The van der Waals surface area contributed by atoms with Crippen molar-refractivity contribution in [1.82, 2.24) is 0 Å². The first-order chi connectivity index (χ1) is 5.57. The Balaban J connectivity index is 2.91. The summed E-state index contributed by atoms with van der Waals surface area (Å²) >= 11 is 0. The Hall–Kier alpha value is 0.310. The van der Waals surface area contributed by atoms with Crippen molar-refractivity contribution >= 4 is 7.92 Å². The highest BCUT2D eigenvalue weighted by Crippen LogP contribution is 2.71. The van der Waals surface area contributed by atoms with Crippen molar-refractivity contribution in [3.05, 3.63) is 0 Å². The third-order valence-electron chi connectivity index (χ3n) is 1.86. The van der Waals surface area contributed by atoms with Crippen LogP contribution in [-0.2, 0) is 9.78 Å². The minimum absolute atomic E-state index is 0.0127. The number of rotatable bonds is 1. The van der Waals surface area contributed by atoms with Gasteiger partial charge in [0.05, 0.1) is 0 Å². The average molecular weight is 206 g/mol. The fourth-order valence-corrected chi connectivity index (χ4v) is 5.86. The van der Waals surface area contributed by atoms with Crippen LogP contribution in [0.25, 0.3) is 0 Å². The predicted octanol–water partition coefficient (Wildman–Crippen LogP) is 2.63. The first-order valence-electron chi connectivity index (χ1n) is 4.47. The zero-order valence-electron chi connectivity index (χ0n) is 9.21. The van der Waals surface area contributed by atoms with Crippen molar-refractivity contribution in [3.8, 4) is 0 Å². The lowest BCUT2D eigenvalue weighted by atomic mass is 10.2. The van der Waals surface area contributed by atoms with E-state index in [1.165, 1.54) is 0 Å². The largest absolute Gasteiger partial charge is 0.355 e. The Morgan fingerprint density at radius 2 is 1.23 bits per heavy atom. The van der Waals surface area contributed by atoms with E-state index in [1.54, 1.807) is 0 Å². The lowest BCUT2D eigenvalue weighted by molar-refractivity contribution is 0.0850. The maximum Gasteiger partial charge on any atom is 0.355 e. The van der Waals surface area contributed by atoms with E-state index < -0.39 is 13.6 Å². The molecule has 78 valence electrons. The molecule has 0 atom stereocenters. The summed E-state index contributed by atoms with van der Waals surface area (Å²) in [6.07, 6.45) is 0. The fraction of sp³-hybridized carbons (Fsp3) is 1.00. The first-order valence-corrected chi connectivity index (χ1v) is 5.81. The summed E-state index contributed by atoms with van der Waals surface area (Å²) in [6, 6.07) is 0. The molecule has 0 unspecified atom stereocenters. The van der Waals surface area contributed by atoms with Crippen LogP contribution in [0.15, 0.2) is 0 Å². The van der Waals surface area contributed by atoms with E-state index in [9.17, 15) is 5.11 Å². The summed E-state index contributed by atoms with van der Waals surface area (Å²) in [5.41, 5.74) is -1.30. The van der Waals surface area contributed by atoms with Crippen LogP contribution < -0.4 is 0 Å². The standard InChI is InChI=1S/C9H19O3P/c1-7(2,3)13(8(4,5)6)9(10)11-12-9/h10H,1-6H3. The van der Waals surface area contributed by atoms with E-state index in [-0.39, 0.29) is 10.3 Å². The Morgan fingerprint density at radius 3 is 1.31 bits per heavy atom. The molecule has 3 nitrogen and oxygen atoms in total. The van der Waals surface area contributed by atoms with E-state index in [1.807, 2.05) is 0 Å². The molecular formula is C9H19O3P. The summed E-state index contributed by atoms with van der Waals surface area (Å²) in [7, 11) is -0.762. The molecule has 0 aromatic heterocycles. The fourth-order valence-electron chi connectivity index (χ4n) is 1.97. The van der Waals surface area contributed by atoms with Crippen molar-refractivity contribution in [2.45, 2.75) is 57.6 Å². The normalized spacial score (nSPS) is 22.2. The molecule has 0 spiro atoms. The molecule has 1 saturated heterocycles. The Labute approximate surface area is 81.1 Å². The summed E-state index contributed by atoms with van der Waals surface area (Å²) in [5, 5.41) is 9.87. The topological polar surface area (TPSA) is 45.3 Å². The van der Waals surface area contributed by atoms with Gasteiger partial charge in [-0.2, -0.15) is 9.78 Å². The van der Waals surface area contributed by atoms with E-state index in [0.717, 1.165) is 0 Å². The minimum atomic E-state index is -1.30. The van der Waals surface area contributed by atoms with E-state index in [0.29, 0.717) is 0 Å². The van der Waals surface area contributed by atoms with Crippen LogP contribution in [0.4, 0.5) is 0 Å². The quantitative estimate of drug-likeness (QED) is 0.407. The van der Waals surface area contributed by atoms with Gasteiger partial charge < -0.3 is 5.11 Å². The van der Waals surface area contributed by atoms with Crippen molar-refractivity contribution in [1.29, 1.82) is 0 Å². The third-order valence-corrected chi connectivity index (χ3v) is 5.25. The molecule has 1 aliphatic rings. The van der Waals surface area contributed by atoms with Gasteiger partial charge in [-0.3, -0.25) is 0 Å². The summed E-state index contributed by atoms with van der Waals surface area (Å²) in [5.74, 6) is 0. The van der Waals surface area contributed by atoms with E-state index in [4.69, 9.17) is 9.78 Å². The zero-order chi connectivity index (χ0) is 10.5. The molecule has 0 radical (unpaired) electrons. The molecule has 4 heteroatoms. The van der Waals surface area contributed by atoms with Crippen LogP contribution in [0.5, 0.6) is 0 Å². The molecule has 13 heavy (non-hydrogen) atoms. The lowest BCUT2D eigenvalue weighted by Gasteiger charge is -2.40. The minimum Gasteiger partial charge on any atom is -0.336 e. The van der Waals surface area contributed by atoms with Gasteiger partial charge in [-0.05, 0) is 10.3 Å². The number of hydrogen-bond donors (Lipinski definition) is 1. The van der Waals surface area contributed by atoms with Crippen molar-refractivity contribution in [2.24, 2.45) is 0 Å². The monoisotopic (exact) mass is 206 g/mol. The second-order valence-electron chi connectivity index (χ2n) is 5.39. The van der Waals surface area contributed by atoms with Gasteiger partial charge in [0.25, 0.3) is 0 Å². The molecule has 1 fully saturated rings. The SMILES string of the molecule is CC(C)(C)P(C(C)(C)C)C1(O)OO1. The van der Waals surface area contributed by atoms with E-state index >= 15 is 0 Å². The van der Waals surface area contributed by atoms with Crippen molar-refractivity contribution in [3.63, 3.8) is 0 Å². The van der Waals surface area contributed by atoms with Crippen LogP contribution >= 0.6 is 7.92 Å². The molecule has 1 rings (SSSR count). The zero-order valence-corrected chi connectivity index (χ0v) is 10.1. The highest BCUT2D eigenvalue weighted by molar-refractivity contribution is 7.62. The van der Waals surface area contributed by atoms with Gasteiger partial charge in [0.2, 0.25) is 0 Å². The van der Waals surface area contributed by atoms with Crippen LogP contribution in [0.3, 0.4) is 0 Å². The van der Waals surface area contributed by atoms with E-state index in [2.05, 4.69) is 41.5 Å². The maximum atomic E-state index is 9.84. The lowest BCUT2D eigenvalue weighted by Crippen LogP contribution is -2.32. The van der Waals surface area contributed by atoms with Gasteiger partial charge in [-0.25, -0.2) is 0 Å². The molecule has 1 aliphatic heterocycles. The van der Waals surface area contributed by atoms with Gasteiger partial charge in [0, 0.05) is 7.92 Å².